The second kappa shape index (κ2) is 7.77. The largest absolute Gasteiger partial charge is 0.416 e. The molecule has 0 saturated carbocycles. The van der Waals surface area contributed by atoms with Crippen LogP contribution in [0.15, 0.2) is 48.5 Å². The van der Waals surface area contributed by atoms with E-state index in [1.54, 1.807) is 12.1 Å². The van der Waals surface area contributed by atoms with Gasteiger partial charge in [0.05, 0.1) is 5.56 Å². The van der Waals surface area contributed by atoms with Crippen LogP contribution < -0.4 is 9.80 Å². The minimum atomic E-state index is -4.28. The lowest BCUT2D eigenvalue weighted by atomic mass is 10.1. The molecule has 3 rings (SSSR count). The third kappa shape index (κ3) is 4.97. The van der Waals surface area contributed by atoms with E-state index < -0.39 is 11.7 Å². The lowest BCUT2D eigenvalue weighted by Crippen LogP contribution is -3.27. The first kappa shape index (κ1) is 18.2. The van der Waals surface area contributed by atoms with Crippen molar-refractivity contribution in [2.24, 2.45) is 0 Å². The maximum Gasteiger partial charge on any atom is 0.416 e. The molecule has 1 saturated heterocycles. The van der Waals surface area contributed by atoms with E-state index in [1.807, 2.05) is 24.3 Å². The van der Waals surface area contributed by atoms with E-state index in [4.69, 9.17) is 11.6 Å². The van der Waals surface area contributed by atoms with Crippen LogP contribution in [0.3, 0.4) is 0 Å². The van der Waals surface area contributed by atoms with Crippen molar-refractivity contribution < 1.29 is 23.0 Å². The molecule has 0 radical (unpaired) electrons. The Labute approximate surface area is 150 Å². The number of hydrogen-bond donors (Lipinski definition) is 2. The molecule has 1 aliphatic heterocycles. The molecule has 1 fully saturated rings. The molecule has 2 aromatic carbocycles. The van der Waals surface area contributed by atoms with Crippen LogP contribution in [0.5, 0.6) is 0 Å². The van der Waals surface area contributed by atoms with Gasteiger partial charge in [0.2, 0.25) is 0 Å². The monoisotopic (exact) mass is 370 g/mol. The lowest BCUT2D eigenvalue weighted by molar-refractivity contribution is -1.02. The first-order valence-electron chi connectivity index (χ1n) is 8.48. The Kier molecular flexibility index (Phi) is 5.67. The quantitative estimate of drug-likeness (QED) is 0.812. The summed E-state index contributed by atoms with van der Waals surface area (Å²) >= 11 is 5.91. The molecular weight excluding hydrogens is 349 g/mol. The van der Waals surface area contributed by atoms with Crippen molar-refractivity contribution >= 4 is 11.6 Å². The van der Waals surface area contributed by atoms with Crippen molar-refractivity contribution in [3.8, 4) is 0 Å². The molecule has 0 bridgehead atoms. The second-order valence-corrected chi connectivity index (χ2v) is 7.07. The molecule has 0 aliphatic carbocycles. The van der Waals surface area contributed by atoms with Gasteiger partial charge in [-0.1, -0.05) is 41.9 Å². The molecule has 134 valence electrons. The molecule has 0 amide bonds. The summed E-state index contributed by atoms with van der Waals surface area (Å²) in [5, 5.41) is 0.733. The Morgan fingerprint density at radius 1 is 0.800 bits per heavy atom. The smallest absolute Gasteiger partial charge is 0.322 e. The zero-order valence-corrected chi connectivity index (χ0v) is 14.6. The first-order chi connectivity index (χ1) is 11.9. The van der Waals surface area contributed by atoms with Gasteiger partial charge in [0.25, 0.3) is 0 Å². The molecule has 0 atom stereocenters. The van der Waals surface area contributed by atoms with E-state index in [0.29, 0.717) is 12.1 Å². The lowest BCUT2D eigenvalue weighted by Gasteiger charge is -2.30. The number of halogens is 4. The van der Waals surface area contributed by atoms with Gasteiger partial charge in [0.1, 0.15) is 39.3 Å². The molecule has 2 aromatic rings. The van der Waals surface area contributed by atoms with Crippen molar-refractivity contribution in [3.63, 3.8) is 0 Å². The Balaban J connectivity index is 1.56. The van der Waals surface area contributed by atoms with Crippen molar-refractivity contribution in [1.82, 2.24) is 0 Å². The number of quaternary nitrogens is 2. The summed E-state index contributed by atoms with van der Waals surface area (Å²) < 4.78 is 39.3. The van der Waals surface area contributed by atoms with Crippen LogP contribution in [-0.2, 0) is 19.3 Å². The minimum absolute atomic E-state index is 0.395. The van der Waals surface area contributed by atoms with Gasteiger partial charge in [0.15, 0.2) is 0 Å². The Morgan fingerprint density at radius 3 is 1.96 bits per heavy atom. The van der Waals surface area contributed by atoms with E-state index in [2.05, 4.69) is 0 Å². The fourth-order valence-corrected chi connectivity index (χ4v) is 3.55. The highest BCUT2D eigenvalue weighted by Crippen LogP contribution is 2.31. The highest BCUT2D eigenvalue weighted by molar-refractivity contribution is 6.30. The predicted molar refractivity (Wildman–Crippen MR) is 91.7 cm³/mol. The van der Waals surface area contributed by atoms with Gasteiger partial charge >= 0.3 is 6.18 Å². The third-order valence-corrected chi connectivity index (χ3v) is 5.05. The molecule has 6 heteroatoms. The van der Waals surface area contributed by atoms with Gasteiger partial charge < -0.3 is 9.80 Å². The number of nitrogens with one attached hydrogen (secondary N) is 2. The topological polar surface area (TPSA) is 8.88 Å². The van der Waals surface area contributed by atoms with Crippen molar-refractivity contribution in [3.05, 3.63) is 70.2 Å². The standard InChI is InChI=1S/C19H20ClF3N2/c20-17-7-5-15(6-8-17)13-24-9-11-25(12-10-24)14-16-3-1-2-4-18(16)19(21,22)23/h1-8H,9-14H2/p+2. The summed E-state index contributed by atoms with van der Waals surface area (Å²) in [6.45, 7) is 5.07. The third-order valence-electron chi connectivity index (χ3n) is 4.79. The van der Waals surface area contributed by atoms with Gasteiger partial charge in [-0.15, -0.1) is 0 Å². The molecule has 0 unspecified atom stereocenters. The summed E-state index contributed by atoms with van der Waals surface area (Å²) in [6.07, 6.45) is -4.28. The molecule has 0 aromatic heterocycles. The molecule has 0 spiro atoms. The van der Waals surface area contributed by atoms with Gasteiger partial charge in [-0.25, -0.2) is 0 Å². The Morgan fingerprint density at radius 2 is 1.36 bits per heavy atom. The number of benzene rings is 2. The van der Waals surface area contributed by atoms with E-state index >= 15 is 0 Å². The van der Waals surface area contributed by atoms with Crippen LogP contribution in [0.4, 0.5) is 13.2 Å². The zero-order valence-electron chi connectivity index (χ0n) is 13.9. The molecule has 1 aliphatic rings. The van der Waals surface area contributed by atoms with Crippen LogP contribution in [0.25, 0.3) is 0 Å². The van der Waals surface area contributed by atoms with Crippen molar-refractivity contribution in [1.29, 1.82) is 0 Å². The van der Waals surface area contributed by atoms with Gasteiger partial charge in [-0.3, -0.25) is 0 Å². The van der Waals surface area contributed by atoms with E-state index in [0.717, 1.165) is 37.7 Å². The van der Waals surface area contributed by atoms with Crippen LogP contribution in [-0.4, -0.2) is 26.2 Å². The molecular formula is C19H22ClF3N2+2. The predicted octanol–water partition coefficient (Wildman–Crippen LogP) is 1.84. The maximum absolute atomic E-state index is 13.1. The summed E-state index contributed by atoms with van der Waals surface area (Å²) in [6, 6.07) is 13.8. The van der Waals surface area contributed by atoms with Crippen LogP contribution in [0.1, 0.15) is 16.7 Å². The average molecular weight is 371 g/mol. The molecule has 1 heterocycles. The fourth-order valence-electron chi connectivity index (χ4n) is 3.42. The van der Waals surface area contributed by atoms with Crippen molar-refractivity contribution in [2.45, 2.75) is 19.3 Å². The van der Waals surface area contributed by atoms with Crippen molar-refractivity contribution in [2.75, 3.05) is 26.2 Å². The Bertz CT molecular complexity index is 693. The van der Waals surface area contributed by atoms with E-state index in [-0.39, 0.29) is 0 Å². The summed E-state index contributed by atoms with van der Waals surface area (Å²) in [7, 11) is 0. The minimum Gasteiger partial charge on any atom is -0.322 e. The van der Waals surface area contributed by atoms with Crippen LogP contribution >= 0.6 is 11.6 Å². The molecule has 2 N–H and O–H groups in total. The normalized spacial score (nSPS) is 21.3. The van der Waals surface area contributed by atoms with Crippen LogP contribution in [0.2, 0.25) is 5.02 Å². The summed E-state index contributed by atoms with van der Waals surface area (Å²) in [5.41, 5.74) is 1.13. The summed E-state index contributed by atoms with van der Waals surface area (Å²) in [4.78, 5) is 2.69. The Hall–Kier alpha value is -1.56. The first-order valence-corrected chi connectivity index (χ1v) is 8.86. The molecule has 25 heavy (non-hydrogen) atoms. The van der Waals surface area contributed by atoms with Crippen LogP contribution in [0, 0.1) is 0 Å². The van der Waals surface area contributed by atoms with Gasteiger partial charge in [-0.05, 0) is 18.2 Å². The number of piperazine rings is 1. The van der Waals surface area contributed by atoms with Gasteiger partial charge in [-0.2, -0.15) is 13.2 Å². The second-order valence-electron chi connectivity index (χ2n) is 6.63. The summed E-state index contributed by atoms with van der Waals surface area (Å²) in [5.74, 6) is 0. The average Bonchev–Trinajstić information content (AvgIpc) is 2.58. The molecule has 2 nitrogen and oxygen atoms in total. The number of rotatable bonds is 4. The fraction of sp³-hybridized carbons (Fsp3) is 0.368. The SMILES string of the molecule is FC(F)(F)c1ccccc1C[NH+]1CC[NH+](Cc2ccc(Cl)cc2)CC1. The van der Waals surface area contributed by atoms with Gasteiger partial charge in [0, 0.05) is 16.1 Å². The number of alkyl halides is 3. The number of hydrogen-bond acceptors (Lipinski definition) is 0. The highest BCUT2D eigenvalue weighted by atomic mass is 35.5. The van der Waals surface area contributed by atoms with E-state index in [1.165, 1.54) is 27.5 Å². The highest BCUT2D eigenvalue weighted by Gasteiger charge is 2.34. The maximum atomic E-state index is 13.1. The van der Waals surface area contributed by atoms with E-state index in [9.17, 15) is 13.2 Å². The zero-order chi connectivity index (χ0) is 17.9.